The van der Waals surface area contributed by atoms with Crippen molar-refractivity contribution >= 4 is 34.3 Å². The van der Waals surface area contributed by atoms with Gasteiger partial charge in [0.05, 0.1) is 14.9 Å². The molecule has 1 atom stereocenters. The number of hydrogen-bond donors (Lipinski definition) is 0. The molecule has 0 aliphatic rings. The Kier molecular flexibility index (Phi) is 6.11. The Labute approximate surface area is 111 Å². The molecule has 1 unspecified atom stereocenters. The Morgan fingerprint density at radius 2 is 1.92 bits per heavy atom. The maximum absolute atomic E-state index is 10.6. The smallest absolute Gasteiger partial charge is 0.768 e. The first-order valence-electron chi connectivity index (χ1n) is 3.08. The summed E-state index contributed by atoms with van der Waals surface area (Å²) in [6.45, 7) is 1.72. The molecular formula is C7H5Cl2NaO2S. The van der Waals surface area contributed by atoms with Crippen molar-refractivity contribution in [3.8, 4) is 0 Å². The molecule has 1 aromatic carbocycles. The first kappa shape index (κ1) is 13.9. The fourth-order valence-electron chi connectivity index (χ4n) is 0.784. The number of aryl methyl sites for hydroxylation is 1. The summed E-state index contributed by atoms with van der Waals surface area (Å²) >= 11 is 8.96. The van der Waals surface area contributed by atoms with E-state index in [4.69, 9.17) is 23.2 Å². The predicted octanol–water partition coefficient (Wildman–Crippen LogP) is -0.456. The number of hydrogen-bond acceptors (Lipinski definition) is 2. The van der Waals surface area contributed by atoms with E-state index in [1.807, 2.05) is 0 Å². The minimum atomic E-state index is -2.38. The van der Waals surface area contributed by atoms with Crippen molar-refractivity contribution in [1.82, 2.24) is 0 Å². The van der Waals surface area contributed by atoms with Crippen LogP contribution in [-0.2, 0) is 11.1 Å². The molecule has 0 amide bonds. The second kappa shape index (κ2) is 5.71. The fraction of sp³-hybridized carbons (Fsp3) is 0.143. The van der Waals surface area contributed by atoms with Gasteiger partial charge in [-0.3, -0.25) is 4.21 Å². The largest absolute Gasteiger partial charge is 1.00 e. The average Bonchev–Trinajstić information content (AvgIpc) is 1.97. The standard InChI is InChI=1S/C7H6Cl2O2S.Na/c1-4-2-3-5(8)7(6(4)9)12(10)11;/h2-3H,1H3,(H,10,11);/q;+1/p-1. The van der Waals surface area contributed by atoms with Crippen LogP contribution >= 0.6 is 23.2 Å². The first-order chi connectivity index (χ1) is 5.54. The zero-order valence-corrected chi connectivity index (χ0v) is 11.5. The first-order valence-corrected chi connectivity index (χ1v) is 4.91. The topological polar surface area (TPSA) is 40.1 Å². The van der Waals surface area contributed by atoms with Gasteiger partial charge in [0.15, 0.2) is 0 Å². The molecule has 1 aromatic rings. The van der Waals surface area contributed by atoms with E-state index in [1.54, 1.807) is 13.0 Å². The van der Waals surface area contributed by atoms with Crippen LogP contribution in [0.3, 0.4) is 0 Å². The molecule has 0 saturated heterocycles. The Morgan fingerprint density at radius 3 is 2.31 bits per heavy atom. The zero-order valence-electron chi connectivity index (χ0n) is 7.14. The van der Waals surface area contributed by atoms with Crippen LogP contribution in [0.4, 0.5) is 0 Å². The quantitative estimate of drug-likeness (QED) is 0.498. The molecule has 0 spiro atoms. The van der Waals surface area contributed by atoms with Crippen LogP contribution in [-0.4, -0.2) is 8.76 Å². The van der Waals surface area contributed by atoms with Gasteiger partial charge in [0.2, 0.25) is 0 Å². The van der Waals surface area contributed by atoms with Crippen LogP contribution in [0.15, 0.2) is 17.0 Å². The molecule has 0 bridgehead atoms. The maximum Gasteiger partial charge on any atom is 1.00 e. The molecule has 66 valence electrons. The van der Waals surface area contributed by atoms with Gasteiger partial charge in [-0.05, 0) is 29.6 Å². The van der Waals surface area contributed by atoms with Gasteiger partial charge in [0.1, 0.15) is 0 Å². The second-order valence-electron chi connectivity index (χ2n) is 2.24. The van der Waals surface area contributed by atoms with Crippen LogP contribution in [0.25, 0.3) is 0 Å². The third kappa shape index (κ3) is 3.20. The third-order valence-corrected chi connectivity index (χ3v) is 3.19. The van der Waals surface area contributed by atoms with E-state index < -0.39 is 11.1 Å². The summed E-state index contributed by atoms with van der Waals surface area (Å²) in [6, 6.07) is 3.18. The van der Waals surface area contributed by atoms with E-state index >= 15 is 0 Å². The maximum atomic E-state index is 10.6. The molecule has 0 saturated carbocycles. The summed E-state index contributed by atoms with van der Waals surface area (Å²) in [5, 5.41) is 0.342. The molecule has 0 aromatic heterocycles. The summed E-state index contributed by atoms with van der Waals surface area (Å²) in [5.41, 5.74) is 0.695. The van der Waals surface area contributed by atoms with Gasteiger partial charge >= 0.3 is 29.6 Å². The summed E-state index contributed by atoms with van der Waals surface area (Å²) in [4.78, 5) is -0.0293. The monoisotopic (exact) mass is 246 g/mol. The zero-order chi connectivity index (χ0) is 9.30. The van der Waals surface area contributed by atoms with Crippen molar-refractivity contribution < 1.29 is 38.3 Å². The molecule has 0 aliphatic carbocycles. The van der Waals surface area contributed by atoms with Crippen LogP contribution in [0.1, 0.15) is 5.56 Å². The van der Waals surface area contributed by atoms with Crippen molar-refractivity contribution in [3.63, 3.8) is 0 Å². The van der Waals surface area contributed by atoms with Crippen molar-refractivity contribution in [3.05, 3.63) is 27.7 Å². The molecule has 0 radical (unpaired) electrons. The van der Waals surface area contributed by atoms with Crippen LogP contribution in [0.5, 0.6) is 0 Å². The van der Waals surface area contributed by atoms with Crippen LogP contribution in [0.2, 0.25) is 10.0 Å². The second-order valence-corrected chi connectivity index (χ2v) is 3.90. The van der Waals surface area contributed by atoms with E-state index in [9.17, 15) is 8.76 Å². The molecule has 1 rings (SSSR count). The van der Waals surface area contributed by atoms with Crippen molar-refractivity contribution in [2.24, 2.45) is 0 Å². The normalized spacial score (nSPS) is 12.0. The number of rotatable bonds is 1. The van der Waals surface area contributed by atoms with Gasteiger partial charge in [-0.15, -0.1) is 0 Å². The van der Waals surface area contributed by atoms with Gasteiger partial charge in [-0.1, -0.05) is 29.3 Å². The Balaban J connectivity index is 0.00000144. The molecule has 0 aliphatic heterocycles. The summed E-state index contributed by atoms with van der Waals surface area (Å²) < 4.78 is 21.3. The van der Waals surface area contributed by atoms with Crippen molar-refractivity contribution in [2.45, 2.75) is 11.8 Å². The molecule has 0 fully saturated rings. The van der Waals surface area contributed by atoms with E-state index in [-0.39, 0.29) is 44.5 Å². The number of benzene rings is 1. The average molecular weight is 247 g/mol. The fourth-order valence-corrected chi connectivity index (χ4v) is 2.07. The van der Waals surface area contributed by atoms with Crippen molar-refractivity contribution in [2.75, 3.05) is 0 Å². The summed E-state index contributed by atoms with van der Waals surface area (Å²) in [5.74, 6) is 0. The third-order valence-electron chi connectivity index (χ3n) is 1.41. The molecule has 0 heterocycles. The molecule has 6 heteroatoms. The molecule has 0 N–H and O–H groups in total. The van der Waals surface area contributed by atoms with Crippen LogP contribution in [0, 0.1) is 6.92 Å². The summed E-state index contributed by atoms with van der Waals surface area (Å²) in [6.07, 6.45) is 0. The summed E-state index contributed by atoms with van der Waals surface area (Å²) in [7, 11) is 0. The van der Waals surface area contributed by atoms with Gasteiger partial charge in [-0.25, -0.2) is 0 Å². The van der Waals surface area contributed by atoms with E-state index in [0.29, 0.717) is 5.56 Å². The minimum absolute atomic E-state index is 0. The van der Waals surface area contributed by atoms with Gasteiger partial charge in [0.25, 0.3) is 0 Å². The Bertz CT molecular complexity index is 344. The Hall–Kier alpha value is 0.910. The molecule has 13 heavy (non-hydrogen) atoms. The predicted molar refractivity (Wildman–Crippen MR) is 48.4 cm³/mol. The molecule has 2 nitrogen and oxygen atoms in total. The SMILES string of the molecule is Cc1ccc(Cl)c(S(=O)[O-])c1Cl.[Na+]. The van der Waals surface area contributed by atoms with E-state index in [0.717, 1.165) is 0 Å². The number of halogens is 2. The van der Waals surface area contributed by atoms with Gasteiger partial charge in [0, 0.05) is 0 Å². The van der Waals surface area contributed by atoms with Gasteiger partial charge in [-0.2, -0.15) is 0 Å². The van der Waals surface area contributed by atoms with Gasteiger partial charge < -0.3 is 4.55 Å². The van der Waals surface area contributed by atoms with E-state index in [1.165, 1.54) is 6.07 Å². The van der Waals surface area contributed by atoms with E-state index in [2.05, 4.69) is 0 Å². The molecular weight excluding hydrogens is 242 g/mol. The minimum Gasteiger partial charge on any atom is -0.768 e. The van der Waals surface area contributed by atoms with Crippen LogP contribution < -0.4 is 29.6 Å². The van der Waals surface area contributed by atoms with Crippen molar-refractivity contribution in [1.29, 1.82) is 0 Å². The Morgan fingerprint density at radius 1 is 1.38 bits per heavy atom.